The first kappa shape index (κ1) is 14.0. The zero-order valence-electron chi connectivity index (χ0n) is 10.1. The monoisotopic (exact) mass is 282 g/mol. The van der Waals surface area contributed by atoms with Crippen molar-refractivity contribution in [2.45, 2.75) is 18.9 Å². The molecule has 0 saturated heterocycles. The van der Waals surface area contributed by atoms with Crippen LogP contribution in [0.15, 0.2) is 42.5 Å². The van der Waals surface area contributed by atoms with Crippen LogP contribution in [0.4, 0.5) is 8.78 Å². The summed E-state index contributed by atoms with van der Waals surface area (Å²) in [6, 6.07) is 10.8. The Morgan fingerprint density at radius 1 is 0.895 bits per heavy atom. The van der Waals surface area contributed by atoms with Crippen LogP contribution in [0.25, 0.3) is 0 Å². The van der Waals surface area contributed by atoms with E-state index >= 15 is 0 Å². The Labute approximate surface area is 115 Å². The molecular formula is C15H13ClF2O. The van der Waals surface area contributed by atoms with Crippen molar-refractivity contribution in [1.29, 1.82) is 0 Å². The molecule has 1 unspecified atom stereocenters. The number of rotatable bonds is 4. The van der Waals surface area contributed by atoms with Crippen LogP contribution >= 0.6 is 11.6 Å². The van der Waals surface area contributed by atoms with Gasteiger partial charge in [0.1, 0.15) is 0 Å². The molecule has 2 rings (SSSR count). The summed E-state index contributed by atoms with van der Waals surface area (Å²) in [5.74, 6) is -1.77. The van der Waals surface area contributed by atoms with Gasteiger partial charge in [0.2, 0.25) is 0 Å². The normalized spacial score (nSPS) is 12.4. The lowest BCUT2D eigenvalue weighted by Crippen LogP contribution is -2.14. The van der Waals surface area contributed by atoms with E-state index in [0.29, 0.717) is 17.0 Å². The predicted molar refractivity (Wildman–Crippen MR) is 71.2 cm³/mol. The van der Waals surface area contributed by atoms with E-state index < -0.39 is 17.7 Å². The van der Waals surface area contributed by atoms with E-state index in [1.165, 1.54) is 6.07 Å². The molecule has 100 valence electrons. The highest BCUT2D eigenvalue weighted by Crippen LogP contribution is 2.14. The quantitative estimate of drug-likeness (QED) is 0.905. The molecule has 0 radical (unpaired) electrons. The van der Waals surface area contributed by atoms with E-state index in [2.05, 4.69) is 0 Å². The van der Waals surface area contributed by atoms with Crippen LogP contribution in [0.2, 0.25) is 5.02 Å². The number of hydrogen-bond acceptors (Lipinski definition) is 1. The topological polar surface area (TPSA) is 20.2 Å². The van der Waals surface area contributed by atoms with Crippen LogP contribution in [0, 0.1) is 11.6 Å². The summed E-state index contributed by atoms with van der Waals surface area (Å²) in [6.07, 6.45) is 0.0711. The van der Waals surface area contributed by atoms with Crippen molar-refractivity contribution in [3.8, 4) is 0 Å². The minimum Gasteiger partial charge on any atom is -0.392 e. The molecule has 1 N–H and O–H groups in total. The fourth-order valence-corrected chi connectivity index (χ4v) is 2.03. The first-order valence-corrected chi connectivity index (χ1v) is 6.29. The van der Waals surface area contributed by atoms with Gasteiger partial charge in [-0.25, -0.2) is 8.78 Å². The van der Waals surface area contributed by atoms with Gasteiger partial charge in [0.15, 0.2) is 11.6 Å². The average molecular weight is 283 g/mol. The Hall–Kier alpha value is -1.45. The summed E-state index contributed by atoms with van der Waals surface area (Å²) in [4.78, 5) is 0. The van der Waals surface area contributed by atoms with Crippen molar-refractivity contribution >= 4 is 11.6 Å². The maximum atomic E-state index is 13.0. The summed E-state index contributed by atoms with van der Waals surface area (Å²) in [5, 5.41) is 10.6. The van der Waals surface area contributed by atoms with Crippen molar-refractivity contribution in [2.24, 2.45) is 0 Å². The molecule has 0 heterocycles. The molecule has 0 aliphatic carbocycles. The largest absolute Gasteiger partial charge is 0.392 e. The number of halogens is 3. The third kappa shape index (κ3) is 4.01. The van der Waals surface area contributed by atoms with Gasteiger partial charge in [0, 0.05) is 5.02 Å². The molecule has 0 amide bonds. The fraction of sp³-hybridized carbons (Fsp3) is 0.200. The van der Waals surface area contributed by atoms with Crippen molar-refractivity contribution in [2.75, 3.05) is 0 Å². The molecule has 0 spiro atoms. The number of hydrogen-bond donors (Lipinski definition) is 1. The zero-order chi connectivity index (χ0) is 13.8. The van der Waals surface area contributed by atoms with Crippen molar-refractivity contribution < 1.29 is 13.9 Å². The molecule has 2 aromatic rings. The number of aliphatic hydroxyl groups excluding tert-OH is 1. The molecule has 4 heteroatoms. The molecular weight excluding hydrogens is 270 g/mol. The second-order valence-electron chi connectivity index (χ2n) is 4.44. The molecule has 0 saturated carbocycles. The Balaban J connectivity index is 1.98. The number of aliphatic hydroxyl groups is 1. The van der Waals surface area contributed by atoms with E-state index in [1.54, 1.807) is 12.1 Å². The summed E-state index contributed by atoms with van der Waals surface area (Å²) >= 11 is 5.77. The minimum atomic E-state index is -0.892. The Bertz CT molecular complexity index is 555. The maximum absolute atomic E-state index is 13.0. The summed E-state index contributed by atoms with van der Waals surface area (Å²) in [7, 11) is 0. The van der Waals surface area contributed by atoms with Gasteiger partial charge in [-0.1, -0.05) is 29.8 Å². The standard InChI is InChI=1S/C15H13ClF2O/c16-12-4-1-10(2-5-12)7-13(19)8-11-3-6-14(17)15(18)9-11/h1-6,9,13,19H,7-8H2. The van der Waals surface area contributed by atoms with Crippen LogP contribution in [-0.4, -0.2) is 11.2 Å². The van der Waals surface area contributed by atoms with Gasteiger partial charge in [0.25, 0.3) is 0 Å². The van der Waals surface area contributed by atoms with Crippen molar-refractivity contribution in [3.63, 3.8) is 0 Å². The predicted octanol–water partition coefficient (Wildman–Crippen LogP) is 3.76. The third-order valence-corrected chi connectivity index (χ3v) is 3.09. The molecule has 19 heavy (non-hydrogen) atoms. The molecule has 0 bridgehead atoms. The van der Waals surface area contributed by atoms with Crippen LogP contribution in [0.1, 0.15) is 11.1 Å². The molecule has 0 aliphatic rings. The first-order valence-electron chi connectivity index (χ1n) is 5.91. The molecule has 1 atom stereocenters. The van der Waals surface area contributed by atoms with Crippen molar-refractivity contribution in [1.82, 2.24) is 0 Å². The van der Waals surface area contributed by atoms with Gasteiger partial charge in [-0.2, -0.15) is 0 Å². The lowest BCUT2D eigenvalue weighted by molar-refractivity contribution is 0.175. The molecule has 0 fully saturated rings. The molecule has 0 aromatic heterocycles. The van der Waals surface area contributed by atoms with Crippen LogP contribution in [0.5, 0.6) is 0 Å². The Kier molecular flexibility index (Phi) is 4.51. The van der Waals surface area contributed by atoms with Gasteiger partial charge >= 0.3 is 0 Å². The van der Waals surface area contributed by atoms with Gasteiger partial charge in [-0.05, 0) is 48.2 Å². The number of benzene rings is 2. The SMILES string of the molecule is OC(Cc1ccc(Cl)cc1)Cc1ccc(F)c(F)c1. The van der Waals surface area contributed by atoms with E-state index in [-0.39, 0.29) is 6.42 Å². The average Bonchev–Trinajstić information content (AvgIpc) is 2.37. The Morgan fingerprint density at radius 2 is 1.47 bits per heavy atom. The third-order valence-electron chi connectivity index (χ3n) is 2.84. The van der Waals surface area contributed by atoms with Gasteiger partial charge < -0.3 is 5.11 Å². The van der Waals surface area contributed by atoms with Gasteiger partial charge in [-0.15, -0.1) is 0 Å². The van der Waals surface area contributed by atoms with E-state index in [1.807, 2.05) is 12.1 Å². The van der Waals surface area contributed by atoms with Crippen molar-refractivity contribution in [3.05, 3.63) is 70.2 Å². The zero-order valence-corrected chi connectivity index (χ0v) is 10.9. The van der Waals surface area contributed by atoms with Gasteiger partial charge in [-0.3, -0.25) is 0 Å². The molecule has 1 nitrogen and oxygen atoms in total. The summed E-state index contributed by atoms with van der Waals surface area (Å²) < 4.78 is 25.8. The first-order chi connectivity index (χ1) is 9.04. The highest BCUT2D eigenvalue weighted by molar-refractivity contribution is 6.30. The molecule has 2 aromatic carbocycles. The highest BCUT2D eigenvalue weighted by Gasteiger charge is 2.09. The summed E-state index contributed by atoms with van der Waals surface area (Å²) in [5.41, 5.74) is 1.51. The van der Waals surface area contributed by atoms with Crippen LogP contribution < -0.4 is 0 Å². The Morgan fingerprint density at radius 3 is 2.11 bits per heavy atom. The minimum absolute atomic E-state index is 0.278. The fourth-order valence-electron chi connectivity index (χ4n) is 1.90. The second kappa shape index (κ2) is 6.13. The highest BCUT2D eigenvalue weighted by atomic mass is 35.5. The smallest absolute Gasteiger partial charge is 0.159 e. The molecule has 0 aliphatic heterocycles. The van der Waals surface area contributed by atoms with E-state index in [0.717, 1.165) is 17.7 Å². The second-order valence-corrected chi connectivity index (χ2v) is 4.87. The van der Waals surface area contributed by atoms with E-state index in [9.17, 15) is 13.9 Å². The van der Waals surface area contributed by atoms with Crippen LogP contribution in [-0.2, 0) is 12.8 Å². The lowest BCUT2D eigenvalue weighted by Gasteiger charge is -2.11. The lowest BCUT2D eigenvalue weighted by atomic mass is 10.0. The van der Waals surface area contributed by atoms with E-state index in [4.69, 9.17) is 11.6 Å². The summed E-state index contributed by atoms with van der Waals surface area (Å²) in [6.45, 7) is 0. The van der Waals surface area contributed by atoms with Crippen LogP contribution in [0.3, 0.4) is 0 Å². The maximum Gasteiger partial charge on any atom is 0.159 e. The van der Waals surface area contributed by atoms with Gasteiger partial charge in [0.05, 0.1) is 6.10 Å².